The summed E-state index contributed by atoms with van der Waals surface area (Å²) in [4.78, 5) is 5.97. The number of anilines is 1. The molecule has 0 amide bonds. The van der Waals surface area contributed by atoms with Crippen LogP contribution in [0.3, 0.4) is 0 Å². The molecule has 1 aliphatic rings. The van der Waals surface area contributed by atoms with Gasteiger partial charge in [-0.3, -0.25) is 4.57 Å². The van der Waals surface area contributed by atoms with Crippen LogP contribution >= 0.6 is 18.6 Å². The fraction of sp³-hybridized carbons (Fsp3) is 0.400. The number of aromatic nitrogens is 1. The predicted molar refractivity (Wildman–Crippen MR) is 86.7 cm³/mol. The molecule has 106 valence electrons. The van der Waals surface area contributed by atoms with Crippen LogP contribution in [0.2, 0.25) is 0 Å². The molecule has 0 bridgehead atoms. The van der Waals surface area contributed by atoms with E-state index in [4.69, 9.17) is 0 Å². The maximum absolute atomic E-state index is 13.0. The molecular formula is C15H19N2OPS. The summed E-state index contributed by atoms with van der Waals surface area (Å²) >= 11 is 1.63. The van der Waals surface area contributed by atoms with Gasteiger partial charge in [0.05, 0.1) is 5.69 Å². The fourth-order valence-electron chi connectivity index (χ4n) is 2.53. The Labute approximate surface area is 123 Å². The van der Waals surface area contributed by atoms with Crippen LogP contribution in [0.4, 0.5) is 5.69 Å². The number of benzene rings is 1. The molecule has 0 radical (unpaired) electrons. The van der Waals surface area contributed by atoms with Gasteiger partial charge in [0.2, 0.25) is 7.29 Å². The average molecular weight is 306 g/mol. The Kier molecular flexibility index (Phi) is 3.70. The largest absolute Gasteiger partial charge is 0.331 e. The lowest BCUT2D eigenvalue weighted by Crippen LogP contribution is -2.10. The summed E-state index contributed by atoms with van der Waals surface area (Å²) < 4.78 is 13.7. The highest BCUT2D eigenvalue weighted by Crippen LogP contribution is 2.42. The number of hydrogen-bond acceptors (Lipinski definition) is 3. The molecule has 2 aromatic rings. The van der Waals surface area contributed by atoms with E-state index in [1.54, 1.807) is 18.0 Å². The first-order valence-corrected chi connectivity index (χ1v) is 9.93. The van der Waals surface area contributed by atoms with Crippen molar-refractivity contribution >= 4 is 29.1 Å². The molecule has 0 spiro atoms. The third-order valence-electron chi connectivity index (χ3n) is 3.56. The highest BCUT2D eigenvalue weighted by atomic mass is 32.1. The number of nitrogens with zero attached hydrogens (tertiary/aromatic N) is 1. The summed E-state index contributed by atoms with van der Waals surface area (Å²) in [7, 11) is -2.63. The lowest BCUT2D eigenvalue weighted by atomic mass is 10.0. The molecule has 20 heavy (non-hydrogen) atoms. The van der Waals surface area contributed by atoms with Gasteiger partial charge in [-0.15, -0.1) is 11.3 Å². The fourth-order valence-corrected chi connectivity index (χ4v) is 5.62. The van der Waals surface area contributed by atoms with Gasteiger partial charge < -0.3 is 5.09 Å². The number of thiazole rings is 1. The second-order valence-electron chi connectivity index (χ2n) is 5.48. The minimum atomic E-state index is -2.63. The SMILES string of the molecule is Cc1cccc(N[P@@](C)(=O)c2nc3c(s2)CCCC3)c1. The molecule has 1 aromatic heterocycles. The van der Waals surface area contributed by atoms with E-state index in [1.807, 2.05) is 31.2 Å². The molecule has 0 unspecified atom stereocenters. The highest BCUT2D eigenvalue weighted by molar-refractivity contribution is 7.77. The smallest absolute Gasteiger partial charge is 0.223 e. The molecule has 3 rings (SSSR count). The van der Waals surface area contributed by atoms with E-state index in [1.165, 1.54) is 23.4 Å². The predicted octanol–water partition coefficient (Wildman–Crippen LogP) is 3.98. The van der Waals surface area contributed by atoms with Crippen LogP contribution in [-0.2, 0) is 17.4 Å². The van der Waals surface area contributed by atoms with Crippen molar-refractivity contribution in [2.75, 3.05) is 11.8 Å². The molecule has 5 heteroatoms. The molecular weight excluding hydrogens is 287 g/mol. The van der Waals surface area contributed by atoms with Crippen LogP contribution in [0.15, 0.2) is 24.3 Å². The van der Waals surface area contributed by atoms with Crippen LogP contribution < -0.4 is 9.84 Å². The lowest BCUT2D eigenvalue weighted by Gasteiger charge is -2.13. The highest BCUT2D eigenvalue weighted by Gasteiger charge is 2.26. The molecule has 3 nitrogen and oxygen atoms in total. The van der Waals surface area contributed by atoms with Crippen molar-refractivity contribution < 1.29 is 4.57 Å². The second kappa shape index (κ2) is 5.34. The Balaban J connectivity index is 1.87. The zero-order valence-corrected chi connectivity index (χ0v) is 13.6. The third-order valence-corrected chi connectivity index (χ3v) is 7.35. The summed E-state index contributed by atoms with van der Waals surface area (Å²) in [6.07, 6.45) is 4.57. The van der Waals surface area contributed by atoms with Crippen molar-refractivity contribution in [1.29, 1.82) is 0 Å². The first kappa shape index (κ1) is 13.8. The third kappa shape index (κ3) is 2.82. The van der Waals surface area contributed by atoms with Gasteiger partial charge in [-0.05, 0) is 50.3 Å². The Morgan fingerprint density at radius 3 is 2.85 bits per heavy atom. The van der Waals surface area contributed by atoms with Crippen molar-refractivity contribution in [3.05, 3.63) is 40.4 Å². The van der Waals surface area contributed by atoms with Crippen LogP contribution in [0, 0.1) is 6.92 Å². The molecule has 1 aromatic carbocycles. The van der Waals surface area contributed by atoms with Crippen molar-refractivity contribution in [3.8, 4) is 0 Å². The van der Waals surface area contributed by atoms with E-state index in [2.05, 4.69) is 10.1 Å². The molecule has 1 atom stereocenters. The van der Waals surface area contributed by atoms with Gasteiger partial charge in [0.1, 0.15) is 0 Å². The van der Waals surface area contributed by atoms with Crippen LogP contribution in [0.5, 0.6) is 0 Å². The monoisotopic (exact) mass is 306 g/mol. The minimum Gasteiger partial charge on any atom is -0.331 e. The number of hydrogen-bond donors (Lipinski definition) is 1. The number of nitrogens with one attached hydrogen (secondary N) is 1. The van der Waals surface area contributed by atoms with E-state index in [9.17, 15) is 4.57 Å². The van der Waals surface area contributed by atoms with Gasteiger partial charge in [0.15, 0.2) is 4.75 Å². The molecule has 0 fully saturated rings. The Bertz CT molecular complexity index is 657. The Hall–Kier alpha value is -1.12. The first-order chi connectivity index (χ1) is 9.54. The van der Waals surface area contributed by atoms with Crippen LogP contribution in [0.1, 0.15) is 29.0 Å². The van der Waals surface area contributed by atoms with Gasteiger partial charge in [0.25, 0.3) is 0 Å². The van der Waals surface area contributed by atoms with Crippen molar-refractivity contribution in [2.45, 2.75) is 32.6 Å². The van der Waals surface area contributed by atoms with E-state index < -0.39 is 7.29 Å². The molecule has 0 saturated heterocycles. The number of fused-ring (bicyclic) bond motifs is 1. The summed E-state index contributed by atoms with van der Waals surface area (Å²) in [5.41, 5.74) is 3.24. The van der Waals surface area contributed by atoms with E-state index in [-0.39, 0.29) is 0 Å². The van der Waals surface area contributed by atoms with Gasteiger partial charge in [-0.25, -0.2) is 4.98 Å². The zero-order valence-electron chi connectivity index (χ0n) is 11.8. The quantitative estimate of drug-likeness (QED) is 0.872. The zero-order chi connectivity index (χ0) is 14.2. The van der Waals surface area contributed by atoms with Gasteiger partial charge in [-0.1, -0.05) is 12.1 Å². The topological polar surface area (TPSA) is 42.0 Å². The summed E-state index contributed by atoms with van der Waals surface area (Å²) in [5, 5.41) is 3.19. The standard InChI is InChI=1S/C15H19N2OPS/c1-11-6-5-7-12(10-11)17-19(2,18)15-16-13-8-3-4-9-14(13)20-15/h5-7,10H,3-4,8-9H2,1-2H3,(H,17,18)/t19-/m0/s1. The van der Waals surface area contributed by atoms with Gasteiger partial charge in [-0.2, -0.15) is 0 Å². The first-order valence-electron chi connectivity index (χ1n) is 6.96. The second-order valence-corrected chi connectivity index (χ2v) is 9.36. The molecule has 0 aliphatic heterocycles. The normalized spacial score (nSPS) is 17.3. The molecule has 0 saturated carbocycles. The van der Waals surface area contributed by atoms with Crippen LogP contribution in [0.25, 0.3) is 0 Å². The Morgan fingerprint density at radius 2 is 2.10 bits per heavy atom. The average Bonchev–Trinajstić information content (AvgIpc) is 2.82. The van der Waals surface area contributed by atoms with E-state index in [0.29, 0.717) is 0 Å². The minimum absolute atomic E-state index is 0.769. The summed E-state index contributed by atoms with van der Waals surface area (Å²) in [6.45, 7) is 3.81. The maximum atomic E-state index is 13.0. The van der Waals surface area contributed by atoms with E-state index >= 15 is 0 Å². The Morgan fingerprint density at radius 1 is 1.30 bits per heavy atom. The number of aryl methyl sites for hydroxylation is 3. The lowest BCUT2D eigenvalue weighted by molar-refractivity contribution is 0.587. The molecule has 1 aliphatic carbocycles. The summed E-state index contributed by atoms with van der Waals surface area (Å²) in [5.74, 6) is 0. The van der Waals surface area contributed by atoms with Crippen LogP contribution in [-0.4, -0.2) is 11.6 Å². The van der Waals surface area contributed by atoms with Crippen molar-refractivity contribution in [1.82, 2.24) is 4.98 Å². The maximum Gasteiger partial charge on any atom is 0.223 e. The van der Waals surface area contributed by atoms with Gasteiger partial charge in [0, 0.05) is 17.2 Å². The molecule has 1 heterocycles. The summed E-state index contributed by atoms with van der Waals surface area (Å²) in [6, 6.07) is 7.98. The number of rotatable bonds is 3. The van der Waals surface area contributed by atoms with Gasteiger partial charge >= 0.3 is 0 Å². The molecule has 1 N–H and O–H groups in total. The van der Waals surface area contributed by atoms with E-state index in [0.717, 1.165) is 28.8 Å². The van der Waals surface area contributed by atoms with Crippen molar-refractivity contribution in [3.63, 3.8) is 0 Å². The van der Waals surface area contributed by atoms with Crippen molar-refractivity contribution in [2.24, 2.45) is 0 Å².